The first-order valence-electron chi connectivity index (χ1n) is 10.6. The molecule has 0 bridgehead atoms. The van der Waals surface area contributed by atoms with Crippen molar-refractivity contribution >= 4 is 33.1 Å². The number of methoxy groups -OCH3 is 3. The number of fused-ring (bicyclic) bond motifs is 1. The Morgan fingerprint density at radius 3 is 2.24 bits per heavy atom. The number of rotatable bonds is 9. The van der Waals surface area contributed by atoms with Crippen molar-refractivity contribution < 1.29 is 19.0 Å². The van der Waals surface area contributed by atoms with E-state index in [1.54, 1.807) is 32.7 Å². The number of para-hydroxylation sites is 1. The van der Waals surface area contributed by atoms with E-state index in [-0.39, 0.29) is 5.91 Å². The molecule has 0 aliphatic rings. The van der Waals surface area contributed by atoms with E-state index in [2.05, 4.69) is 11.4 Å². The summed E-state index contributed by atoms with van der Waals surface area (Å²) in [4.78, 5) is 17.2. The van der Waals surface area contributed by atoms with Crippen LogP contribution in [0.4, 0.5) is 5.69 Å². The van der Waals surface area contributed by atoms with E-state index < -0.39 is 0 Å². The predicted molar refractivity (Wildman–Crippen MR) is 132 cm³/mol. The quantitative estimate of drug-likeness (QED) is 0.356. The Morgan fingerprint density at radius 2 is 1.61 bits per heavy atom. The summed E-state index contributed by atoms with van der Waals surface area (Å²) in [6.07, 6.45) is 1.67. The van der Waals surface area contributed by atoms with Crippen LogP contribution in [0.2, 0.25) is 0 Å². The van der Waals surface area contributed by atoms with Gasteiger partial charge in [0, 0.05) is 18.5 Å². The third kappa shape index (κ3) is 5.43. The molecule has 1 aromatic heterocycles. The smallest absolute Gasteiger partial charge is 0.224 e. The van der Waals surface area contributed by atoms with Crippen LogP contribution in [0.25, 0.3) is 10.2 Å². The molecule has 0 saturated carbocycles. The minimum absolute atomic E-state index is 0.0531. The molecule has 4 aromatic rings. The fraction of sp³-hybridized carbons (Fsp3) is 0.231. The summed E-state index contributed by atoms with van der Waals surface area (Å²) in [5.74, 6) is 1.65. The lowest BCUT2D eigenvalue weighted by Crippen LogP contribution is -2.12. The van der Waals surface area contributed by atoms with Crippen LogP contribution in [-0.2, 0) is 17.6 Å². The Bertz CT molecular complexity index is 1190. The van der Waals surface area contributed by atoms with E-state index in [1.165, 1.54) is 4.70 Å². The molecule has 0 unspecified atom stereocenters. The monoisotopic (exact) mass is 462 g/mol. The third-order valence-corrected chi connectivity index (χ3v) is 6.33. The Balaban J connectivity index is 1.34. The molecule has 7 heteroatoms. The summed E-state index contributed by atoms with van der Waals surface area (Å²) in [5.41, 5.74) is 3.90. The van der Waals surface area contributed by atoms with Crippen LogP contribution in [-0.4, -0.2) is 32.2 Å². The fourth-order valence-electron chi connectivity index (χ4n) is 3.64. The zero-order chi connectivity index (χ0) is 23.2. The average Bonchev–Trinajstić information content (AvgIpc) is 3.25. The molecule has 1 heterocycles. The van der Waals surface area contributed by atoms with Crippen molar-refractivity contribution in [2.75, 3.05) is 26.6 Å². The molecular formula is C26H26N2O4S. The molecular weight excluding hydrogens is 436 g/mol. The maximum atomic E-state index is 12.5. The van der Waals surface area contributed by atoms with Gasteiger partial charge < -0.3 is 19.5 Å². The topological polar surface area (TPSA) is 69.7 Å². The molecule has 1 amide bonds. The molecule has 0 spiro atoms. The number of carbonyl (C=O) groups is 1. The number of hydrogen-bond donors (Lipinski definition) is 1. The largest absolute Gasteiger partial charge is 0.493 e. The zero-order valence-corrected chi connectivity index (χ0v) is 19.7. The number of aryl methyl sites for hydroxylation is 1. The maximum Gasteiger partial charge on any atom is 0.224 e. The number of thiazole rings is 1. The molecule has 0 atom stereocenters. The number of hydrogen-bond acceptors (Lipinski definition) is 6. The van der Waals surface area contributed by atoms with Gasteiger partial charge in [0.25, 0.3) is 0 Å². The number of nitrogens with zero attached hydrogens (tertiary/aromatic N) is 1. The minimum Gasteiger partial charge on any atom is -0.493 e. The van der Waals surface area contributed by atoms with E-state index in [0.29, 0.717) is 30.1 Å². The molecule has 4 rings (SSSR count). The Kier molecular flexibility index (Phi) is 7.10. The predicted octanol–water partition coefficient (Wildman–Crippen LogP) is 5.48. The molecule has 1 N–H and O–H groups in total. The van der Waals surface area contributed by atoms with Gasteiger partial charge in [0.2, 0.25) is 11.7 Å². The van der Waals surface area contributed by atoms with Crippen molar-refractivity contribution in [1.82, 2.24) is 4.98 Å². The highest BCUT2D eigenvalue weighted by Crippen LogP contribution is 2.38. The number of amides is 1. The molecule has 0 radical (unpaired) electrons. The zero-order valence-electron chi connectivity index (χ0n) is 18.9. The highest BCUT2D eigenvalue weighted by atomic mass is 32.1. The second kappa shape index (κ2) is 10.4. The second-order valence-corrected chi connectivity index (χ2v) is 8.65. The highest BCUT2D eigenvalue weighted by Gasteiger charge is 2.14. The van der Waals surface area contributed by atoms with E-state index in [0.717, 1.165) is 33.8 Å². The number of carbonyl (C=O) groups excluding carboxylic acids is 1. The SMILES string of the molecule is COc1cc(CCC(=O)Nc2ccc(Cc3nc4ccccc4s3)cc2)cc(OC)c1OC. The van der Waals surface area contributed by atoms with E-state index in [1.807, 2.05) is 54.6 Å². The maximum absolute atomic E-state index is 12.5. The van der Waals surface area contributed by atoms with Gasteiger partial charge in [0.1, 0.15) is 0 Å². The molecule has 0 fully saturated rings. The molecule has 3 aromatic carbocycles. The van der Waals surface area contributed by atoms with Crippen LogP contribution < -0.4 is 19.5 Å². The minimum atomic E-state index is -0.0531. The van der Waals surface area contributed by atoms with Gasteiger partial charge in [-0.15, -0.1) is 11.3 Å². The molecule has 0 aliphatic carbocycles. The number of aromatic nitrogens is 1. The van der Waals surface area contributed by atoms with Crippen molar-refractivity contribution in [2.45, 2.75) is 19.3 Å². The first kappa shape index (κ1) is 22.6. The number of nitrogens with one attached hydrogen (secondary N) is 1. The van der Waals surface area contributed by atoms with Gasteiger partial charge in [-0.1, -0.05) is 24.3 Å². The summed E-state index contributed by atoms with van der Waals surface area (Å²) in [5, 5.41) is 4.05. The van der Waals surface area contributed by atoms with Gasteiger partial charge in [-0.2, -0.15) is 0 Å². The molecule has 33 heavy (non-hydrogen) atoms. The van der Waals surface area contributed by atoms with Crippen LogP contribution in [0, 0.1) is 0 Å². The number of anilines is 1. The van der Waals surface area contributed by atoms with Gasteiger partial charge in [-0.25, -0.2) is 4.98 Å². The van der Waals surface area contributed by atoms with Gasteiger partial charge >= 0.3 is 0 Å². The van der Waals surface area contributed by atoms with Crippen molar-refractivity contribution in [1.29, 1.82) is 0 Å². The Morgan fingerprint density at radius 1 is 0.909 bits per heavy atom. The summed E-state index contributed by atoms with van der Waals surface area (Å²) < 4.78 is 17.3. The van der Waals surface area contributed by atoms with Crippen molar-refractivity contribution in [2.24, 2.45) is 0 Å². The number of ether oxygens (including phenoxy) is 3. The first-order valence-corrected chi connectivity index (χ1v) is 11.4. The normalized spacial score (nSPS) is 10.8. The molecule has 6 nitrogen and oxygen atoms in total. The summed E-state index contributed by atoms with van der Waals surface area (Å²) in [6.45, 7) is 0. The molecule has 0 saturated heterocycles. The van der Waals surface area contributed by atoms with Gasteiger partial charge in [0.05, 0.1) is 36.6 Å². The molecule has 170 valence electrons. The average molecular weight is 463 g/mol. The summed E-state index contributed by atoms with van der Waals surface area (Å²) in [7, 11) is 4.72. The van der Waals surface area contributed by atoms with Crippen LogP contribution in [0.15, 0.2) is 60.7 Å². The van der Waals surface area contributed by atoms with Gasteiger partial charge in [-0.05, 0) is 53.9 Å². The van der Waals surface area contributed by atoms with Crippen LogP contribution >= 0.6 is 11.3 Å². The van der Waals surface area contributed by atoms with E-state index >= 15 is 0 Å². The third-order valence-electron chi connectivity index (χ3n) is 5.30. The summed E-state index contributed by atoms with van der Waals surface area (Å²) in [6, 6.07) is 19.8. The van der Waals surface area contributed by atoms with Crippen LogP contribution in [0.1, 0.15) is 22.6 Å². The lowest BCUT2D eigenvalue weighted by atomic mass is 10.1. The first-order chi connectivity index (χ1) is 16.1. The Hall–Kier alpha value is -3.58. The van der Waals surface area contributed by atoms with Crippen LogP contribution in [0.5, 0.6) is 17.2 Å². The van der Waals surface area contributed by atoms with Crippen molar-refractivity contribution in [3.8, 4) is 17.2 Å². The van der Waals surface area contributed by atoms with E-state index in [4.69, 9.17) is 19.2 Å². The highest BCUT2D eigenvalue weighted by molar-refractivity contribution is 7.18. The Labute approximate surface area is 197 Å². The summed E-state index contributed by atoms with van der Waals surface area (Å²) >= 11 is 1.71. The fourth-order valence-corrected chi connectivity index (χ4v) is 4.64. The number of benzene rings is 3. The van der Waals surface area contributed by atoms with Crippen molar-refractivity contribution in [3.05, 3.63) is 76.8 Å². The van der Waals surface area contributed by atoms with E-state index in [9.17, 15) is 4.79 Å². The van der Waals surface area contributed by atoms with Gasteiger partial charge in [-0.3, -0.25) is 4.79 Å². The van der Waals surface area contributed by atoms with Crippen LogP contribution in [0.3, 0.4) is 0 Å². The lowest BCUT2D eigenvalue weighted by Gasteiger charge is -2.14. The standard InChI is InChI=1S/C26H26N2O4S/c1-30-21-14-18(15-22(31-2)26(21)32-3)10-13-24(29)27-19-11-8-17(9-12-19)16-25-28-20-6-4-5-7-23(20)33-25/h4-9,11-12,14-15H,10,13,16H2,1-3H3,(H,27,29). The lowest BCUT2D eigenvalue weighted by molar-refractivity contribution is -0.116. The molecule has 0 aliphatic heterocycles. The van der Waals surface area contributed by atoms with Gasteiger partial charge in [0.15, 0.2) is 11.5 Å². The van der Waals surface area contributed by atoms with Crippen molar-refractivity contribution in [3.63, 3.8) is 0 Å². The second-order valence-electron chi connectivity index (χ2n) is 7.53.